The van der Waals surface area contributed by atoms with E-state index in [1.165, 1.54) is 57.4 Å². The van der Waals surface area contributed by atoms with E-state index >= 15 is 0 Å². The van der Waals surface area contributed by atoms with Crippen molar-refractivity contribution in [3.05, 3.63) is 66.5 Å². The second-order valence-electron chi connectivity index (χ2n) is 9.10. The maximum absolute atomic E-state index is 5.22. The van der Waals surface area contributed by atoms with Crippen LogP contribution in [0.2, 0.25) is 0 Å². The van der Waals surface area contributed by atoms with E-state index in [1.807, 2.05) is 36.7 Å². The third kappa shape index (κ3) is 5.52. The van der Waals surface area contributed by atoms with Gasteiger partial charge in [-0.15, -0.1) is 0 Å². The van der Waals surface area contributed by atoms with E-state index in [1.54, 1.807) is 7.11 Å². The number of nitrogens with zero attached hydrogens (tertiary/aromatic N) is 4. The van der Waals surface area contributed by atoms with Gasteiger partial charge in [-0.1, -0.05) is 24.3 Å². The molecule has 2 aliphatic rings. The van der Waals surface area contributed by atoms with Crippen molar-refractivity contribution in [2.24, 2.45) is 0 Å². The van der Waals surface area contributed by atoms with Crippen molar-refractivity contribution >= 4 is 11.6 Å². The first-order valence-electron chi connectivity index (χ1n) is 12.1. The van der Waals surface area contributed by atoms with Gasteiger partial charge in [0.25, 0.3) is 0 Å². The number of rotatable bonds is 7. The number of aromatic nitrogens is 2. The van der Waals surface area contributed by atoms with Crippen LogP contribution < -0.4 is 10.1 Å². The van der Waals surface area contributed by atoms with Gasteiger partial charge in [-0.3, -0.25) is 4.90 Å². The summed E-state index contributed by atoms with van der Waals surface area (Å²) in [6.07, 6.45) is 9.08. The molecular formula is C27H33N5O. The summed E-state index contributed by atoms with van der Waals surface area (Å²) in [6.45, 7) is 6.06. The number of nitrogens with one attached hydrogen (secondary N) is 1. The summed E-state index contributed by atoms with van der Waals surface area (Å²) >= 11 is 0. The fraction of sp³-hybridized carbons (Fsp3) is 0.407. The van der Waals surface area contributed by atoms with Crippen LogP contribution in [0.1, 0.15) is 31.2 Å². The summed E-state index contributed by atoms with van der Waals surface area (Å²) in [5.41, 5.74) is 4.41. The summed E-state index contributed by atoms with van der Waals surface area (Å²) in [5, 5.41) is 3.31. The lowest BCUT2D eigenvalue weighted by atomic mass is 10.0. The van der Waals surface area contributed by atoms with Gasteiger partial charge in [0.05, 0.1) is 7.11 Å². The molecule has 0 unspecified atom stereocenters. The molecule has 0 spiro atoms. The summed E-state index contributed by atoms with van der Waals surface area (Å²) < 4.78 is 5.22. The van der Waals surface area contributed by atoms with Gasteiger partial charge in [0.1, 0.15) is 5.75 Å². The first kappa shape index (κ1) is 21.9. The van der Waals surface area contributed by atoms with Crippen LogP contribution >= 0.6 is 0 Å². The highest BCUT2D eigenvalue weighted by molar-refractivity contribution is 5.63. The predicted molar refractivity (Wildman–Crippen MR) is 133 cm³/mol. The van der Waals surface area contributed by atoms with Crippen molar-refractivity contribution in [3.8, 4) is 16.9 Å². The van der Waals surface area contributed by atoms with Crippen molar-refractivity contribution in [1.82, 2.24) is 19.8 Å². The Balaban J connectivity index is 1.12. The molecule has 0 radical (unpaired) electrons. The minimum atomic E-state index is 0.601. The molecule has 2 aliphatic heterocycles. The maximum atomic E-state index is 5.22. The average molecular weight is 444 g/mol. The monoisotopic (exact) mass is 443 g/mol. The quantitative estimate of drug-likeness (QED) is 0.557. The molecule has 6 nitrogen and oxygen atoms in total. The fourth-order valence-electron chi connectivity index (χ4n) is 4.96. The molecule has 6 heteroatoms. The lowest BCUT2D eigenvalue weighted by Crippen LogP contribution is -2.43. The molecule has 2 saturated heterocycles. The van der Waals surface area contributed by atoms with Crippen LogP contribution in [0.5, 0.6) is 5.75 Å². The standard InChI is InChI=1S/C27H33N5O/c1-33-26-10-6-22(7-11-26)23-18-28-27(29-19-23)30-24-8-4-21(5-9-24)20-31-16-12-25(13-17-31)32-14-2-3-15-32/h4-11,18-19,25H,2-3,12-17,20H2,1H3,(H,28,29,30). The van der Waals surface area contributed by atoms with Crippen molar-refractivity contribution in [3.63, 3.8) is 0 Å². The number of anilines is 2. The first-order chi connectivity index (χ1) is 16.3. The van der Waals surface area contributed by atoms with Crippen LogP contribution in [-0.2, 0) is 6.54 Å². The first-order valence-corrected chi connectivity index (χ1v) is 12.1. The fourth-order valence-corrected chi connectivity index (χ4v) is 4.96. The molecule has 172 valence electrons. The van der Waals surface area contributed by atoms with E-state index in [9.17, 15) is 0 Å². The molecule has 0 bridgehead atoms. The number of benzene rings is 2. The van der Waals surface area contributed by atoms with Crippen molar-refractivity contribution in [2.75, 3.05) is 38.6 Å². The Morgan fingerprint density at radius 2 is 1.52 bits per heavy atom. The van der Waals surface area contributed by atoms with Crippen molar-refractivity contribution in [2.45, 2.75) is 38.3 Å². The molecule has 0 atom stereocenters. The average Bonchev–Trinajstić information content (AvgIpc) is 3.41. The SMILES string of the molecule is COc1ccc(-c2cnc(Nc3ccc(CN4CCC(N5CCCC5)CC4)cc3)nc2)cc1. The molecule has 0 saturated carbocycles. The van der Waals surface area contributed by atoms with Gasteiger partial charge in [-0.05, 0) is 87.3 Å². The zero-order chi connectivity index (χ0) is 22.5. The Bertz CT molecular complexity index is 1010. The van der Waals surface area contributed by atoms with Gasteiger partial charge in [0.2, 0.25) is 5.95 Å². The molecule has 5 rings (SSSR count). The Labute approximate surface area is 196 Å². The molecule has 2 fully saturated rings. The van der Waals surface area contributed by atoms with E-state index in [0.29, 0.717) is 5.95 Å². The van der Waals surface area contributed by atoms with Crippen LogP contribution in [0.15, 0.2) is 60.9 Å². The van der Waals surface area contributed by atoms with Gasteiger partial charge in [-0.25, -0.2) is 9.97 Å². The third-order valence-electron chi connectivity index (χ3n) is 6.91. The lowest BCUT2D eigenvalue weighted by molar-refractivity contribution is 0.122. The number of ether oxygens (including phenoxy) is 1. The number of hydrogen-bond donors (Lipinski definition) is 1. The third-order valence-corrected chi connectivity index (χ3v) is 6.91. The van der Waals surface area contributed by atoms with E-state index in [2.05, 4.69) is 49.4 Å². The Kier molecular flexibility index (Phi) is 6.84. The van der Waals surface area contributed by atoms with Crippen LogP contribution in [0.25, 0.3) is 11.1 Å². The second-order valence-corrected chi connectivity index (χ2v) is 9.10. The van der Waals surface area contributed by atoms with Gasteiger partial charge < -0.3 is 15.0 Å². The summed E-state index contributed by atoms with van der Waals surface area (Å²) in [6, 6.07) is 17.4. The minimum absolute atomic E-state index is 0.601. The number of likely N-dealkylation sites (tertiary alicyclic amines) is 2. The Hall–Kier alpha value is -2.96. The van der Waals surface area contributed by atoms with E-state index in [4.69, 9.17) is 4.74 Å². The van der Waals surface area contributed by atoms with Crippen LogP contribution in [0.4, 0.5) is 11.6 Å². The van der Waals surface area contributed by atoms with Gasteiger partial charge in [-0.2, -0.15) is 0 Å². The number of hydrogen-bond acceptors (Lipinski definition) is 6. The topological polar surface area (TPSA) is 53.5 Å². The summed E-state index contributed by atoms with van der Waals surface area (Å²) in [7, 11) is 1.67. The molecule has 1 aromatic heterocycles. The maximum Gasteiger partial charge on any atom is 0.227 e. The molecule has 0 amide bonds. The van der Waals surface area contributed by atoms with Gasteiger partial charge in [0.15, 0.2) is 0 Å². The normalized spacial score (nSPS) is 17.8. The largest absolute Gasteiger partial charge is 0.497 e. The highest BCUT2D eigenvalue weighted by Crippen LogP contribution is 2.24. The highest BCUT2D eigenvalue weighted by atomic mass is 16.5. The van der Waals surface area contributed by atoms with E-state index in [-0.39, 0.29) is 0 Å². The number of piperidine rings is 1. The Morgan fingerprint density at radius 3 is 2.15 bits per heavy atom. The molecule has 2 aromatic carbocycles. The molecule has 33 heavy (non-hydrogen) atoms. The van der Waals surface area contributed by atoms with Gasteiger partial charge >= 0.3 is 0 Å². The molecule has 0 aliphatic carbocycles. The molecule has 3 heterocycles. The van der Waals surface area contributed by atoms with Crippen molar-refractivity contribution in [1.29, 1.82) is 0 Å². The minimum Gasteiger partial charge on any atom is -0.497 e. The predicted octanol–water partition coefficient (Wildman–Crippen LogP) is 4.96. The van der Waals surface area contributed by atoms with E-state index in [0.717, 1.165) is 35.2 Å². The zero-order valence-corrected chi connectivity index (χ0v) is 19.4. The lowest BCUT2D eigenvalue weighted by Gasteiger charge is -2.36. The highest BCUT2D eigenvalue weighted by Gasteiger charge is 2.26. The van der Waals surface area contributed by atoms with E-state index < -0.39 is 0 Å². The summed E-state index contributed by atoms with van der Waals surface area (Å²) in [5.74, 6) is 1.44. The van der Waals surface area contributed by atoms with Gasteiger partial charge in [0, 0.05) is 36.2 Å². The van der Waals surface area contributed by atoms with Crippen LogP contribution in [0.3, 0.4) is 0 Å². The van der Waals surface area contributed by atoms with Crippen LogP contribution in [0, 0.1) is 0 Å². The van der Waals surface area contributed by atoms with Crippen LogP contribution in [-0.4, -0.2) is 59.1 Å². The molecular weight excluding hydrogens is 410 g/mol. The molecule has 1 N–H and O–H groups in total. The number of methoxy groups -OCH3 is 1. The second kappa shape index (κ2) is 10.3. The smallest absolute Gasteiger partial charge is 0.227 e. The zero-order valence-electron chi connectivity index (χ0n) is 19.4. The van der Waals surface area contributed by atoms with Crippen molar-refractivity contribution < 1.29 is 4.74 Å². The Morgan fingerprint density at radius 1 is 0.848 bits per heavy atom. The molecule has 3 aromatic rings. The summed E-state index contributed by atoms with van der Waals surface area (Å²) in [4.78, 5) is 14.3.